The van der Waals surface area contributed by atoms with Gasteiger partial charge in [-0.3, -0.25) is 9.69 Å². The molecule has 1 aromatic heterocycles. The zero-order chi connectivity index (χ0) is 19.4. The van der Waals surface area contributed by atoms with Gasteiger partial charge in [0.1, 0.15) is 17.1 Å². The normalized spacial score (nSPS) is 11.1. The van der Waals surface area contributed by atoms with Crippen molar-refractivity contribution < 1.29 is 23.2 Å². The molecule has 3 rings (SSSR count). The van der Waals surface area contributed by atoms with Crippen molar-refractivity contribution in [1.29, 1.82) is 0 Å². The van der Waals surface area contributed by atoms with Gasteiger partial charge in [0.25, 0.3) is 5.91 Å². The Balaban J connectivity index is 1.84. The van der Waals surface area contributed by atoms with Crippen LogP contribution in [0.3, 0.4) is 0 Å². The molecule has 0 atom stereocenters. The largest absolute Gasteiger partial charge is 0.484 e. The number of fused-ring (bicyclic) bond motifs is 1. The predicted molar refractivity (Wildman–Crippen MR) is 102 cm³/mol. The van der Waals surface area contributed by atoms with Crippen LogP contribution in [0, 0.1) is 11.6 Å². The fraction of sp³-hybridized carbons (Fsp3) is 0.263. The van der Waals surface area contributed by atoms with Crippen LogP contribution in [0.2, 0.25) is 0 Å². The van der Waals surface area contributed by atoms with Gasteiger partial charge in [-0.25, -0.2) is 13.8 Å². The van der Waals surface area contributed by atoms with Crippen molar-refractivity contribution >= 4 is 32.6 Å². The summed E-state index contributed by atoms with van der Waals surface area (Å²) < 4.78 is 33.3. The number of ether oxygens (including phenoxy) is 1. The first kappa shape index (κ1) is 19.2. The molecular weight excluding hydrogens is 372 g/mol. The van der Waals surface area contributed by atoms with Crippen LogP contribution < -0.4 is 14.5 Å². The van der Waals surface area contributed by atoms with E-state index in [1.165, 1.54) is 11.0 Å². The highest BCUT2D eigenvalue weighted by Gasteiger charge is 2.22. The number of rotatable bonds is 7. The van der Waals surface area contributed by atoms with Crippen LogP contribution in [0.5, 0.6) is 5.75 Å². The maximum atomic E-state index is 14.0. The lowest BCUT2D eigenvalue weighted by Gasteiger charge is -2.20. The second-order valence-corrected chi connectivity index (χ2v) is 7.34. The number of hydrogen-bond donors (Lipinski definition) is 1. The first-order valence-corrected chi connectivity index (χ1v) is 9.28. The van der Waals surface area contributed by atoms with Gasteiger partial charge in [-0.2, -0.15) is 0 Å². The van der Waals surface area contributed by atoms with Gasteiger partial charge in [0.2, 0.25) is 0 Å². The quantitative estimate of drug-likeness (QED) is 0.670. The van der Waals surface area contributed by atoms with Crippen LogP contribution in [0.25, 0.3) is 10.2 Å². The highest BCUT2D eigenvalue weighted by molar-refractivity contribution is 7.22. The average Bonchev–Trinajstić information content (AvgIpc) is 3.04. The van der Waals surface area contributed by atoms with Crippen LogP contribution in [-0.2, 0) is 4.79 Å². The van der Waals surface area contributed by atoms with Crippen LogP contribution >= 0.6 is 11.3 Å². The minimum Gasteiger partial charge on any atom is -0.484 e. The topological polar surface area (TPSA) is 46.9 Å². The van der Waals surface area contributed by atoms with Crippen LogP contribution in [0.1, 0.15) is 0 Å². The van der Waals surface area contributed by atoms with Gasteiger partial charge in [-0.15, -0.1) is 0 Å². The molecule has 0 saturated carbocycles. The molecule has 5 nitrogen and oxygen atoms in total. The van der Waals surface area contributed by atoms with Crippen molar-refractivity contribution in [3.8, 4) is 5.75 Å². The highest BCUT2D eigenvalue weighted by atomic mass is 32.1. The summed E-state index contributed by atoms with van der Waals surface area (Å²) in [5.41, 5.74) is 0.0652. The molecule has 1 amide bonds. The standard InChI is InChI=1S/C19H19F2N3O2S/c1-23(2)8-9-24(17(25)12-26-14-6-4-3-5-7-14)19-22-18-15(21)10-13(20)11-16(18)27-19/h3-7,10-11H,8-9,12H2,1-2H3/p+1. The number of hydrogen-bond acceptors (Lipinski definition) is 4. The van der Waals surface area contributed by atoms with Gasteiger partial charge >= 0.3 is 0 Å². The first-order valence-electron chi connectivity index (χ1n) is 8.47. The summed E-state index contributed by atoms with van der Waals surface area (Å²) >= 11 is 1.08. The number of nitrogens with one attached hydrogen (secondary N) is 1. The molecule has 0 spiro atoms. The van der Waals surface area contributed by atoms with Gasteiger partial charge in [0.05, 0.1) is 31.9 Å². The average molecular weight is 392 g/mol. The molecule has 0 aliphatic rings. The van der Waals surface area contributed by atoms with Crippen molar-refractivity contribution in [3.63, 3.8) is 0 Å². The summed E-state index contributed by atoms with van der Waals surface area (Å²) in [6.07, 6.45) is 0. The van der Waals surface area contributed by atoms with E-state index in [1.54, 1.807) is 12.1 Å². The van der Waals surface area contributed by atoms with Crippen molar-refractivity contribution in [2.75, 3.05) is 38.7 Å². The van der Waals surface area contributed by atoms with Gasteiger partial charge in [0, 0.05) is 6.07 Å². The van der Waals surface area contributed by atoms with Crippen molar-refractivity contribution in [2.24, 2.45) is 0 Å². The van der Waals surface area contributed by atoms with E-state index in [-0.39, 0.29) is 18.0 Å². The molecular formula is C19H20F2N3O2S+. The maximum Gasteiger partial charge on any atom is 0.266 e. The monoisotopic (exact) mass is 392 g/mol. The number of anilines is 1. The Bertz CT molecular complexity index is 931. The Kier molecular flexibility index (Phi) is 5.98. The predicted octanol–water partition coefficient (Wildman–Crippen LogP) is 2.13. The second kappa shape index (κ2) is 8.41. The first-order chi connectivity index (χ1) is 12.9. The molecule has 0 aliphatic carbocycles. The molecule has 1 N–H and O–H groups in total. The van der Waals surface area contributed by atoms with Gasteiger partial charge < -0.3 is 9.64 Å². The van der Waals surface area contributed by atoms with Gasteiger partial charge in [0.15, 0.2) is 17.6 Å². The van der Waals surface area contributed by atoms with Gasteiger partial charge in [-0.1, -0.05) is 29.5 Å². The molecule has 1 heterocycles. The van der Waals surface area contributed by atoms with Crippen LogP contribution in [0.4, 0.5) is 13.9 Å². The molecule has 142 valence electrons. The summed E-state index contributed by atoms with van der Waals surface area (Å²) in [6.45, 7) is 0.895. The van der Waals surface area contributed by atoms with Crippen molar-refractivity contribution in [2.45, 2.75) is 0 Å². The molecule has 0 unspecified atom stereocenters. The fourth-order valence-electron chi connectivity index (χ4n) is 2.46. The van der Waals surface area contributed by atoms with Crippen LogP contribution in [-0.4, -0.2) is 44.7 Å². The molecule has 0 radical (unpaired) electrons. The Labute approximate surface area is 159 Å². The van der Waals surface area contributed by atoms with E-state index < -0.39 is 11.6 Å². The molecule has 0 fully saturated rings. The Morgan fingerprint density at radius 3 is 2.67 bits per heavy atom. The lowest BCUT2D eigenvalue weighted by molar-refractivity contribution is -0.856. The molecule has 0 bridgehead atoms. The summed E-state index contributed by atoms with van der Waals surface area (Å²) in [5.74, 6) is -1.11. The summed E-state index contributed by atoms with van der Waals surface area (Å²) in [5, 5.41) is 0.331. The van der Waals surface area contributed by atoms with Crippen molar-refractivity contribution in [3.05, 3.63) is 54.1 Å². The SMILES string of the molecule is C[NH+](C)CCN(C(=O)COc1ccccc1)c1nc2c(F)cc(F)cc2s1. The van der Waals surface area contributed by atoms with E-state index in [0.717, 1.165) is 22.3 Å². The summed E-state index contributed by atoms with van der Waals surface area (Å²) in [4.78, 5) is 19.6. The van der Waals surface area contributed by atoms with E-state index in [0.29, 0.717) is 28.7 Å². The second-order valence-electron chi connectivity index (χ2n) is 6.34. The molecule has 27 heavy (non-hydrogen) atoms. The third-order valence-electron chi connectivity index (χ3n) is 3.87. The minimum absolute atomic E-state index is 0.0652. The van der Waals surface area contributed by atoms with E-state index in [4.69, 9.17) is 4.74 Å². The lowest BCUT2D eigenvalue weighted by atomic mass is 10.3. The third-order valence-corrected chi connectivity index (χ3v) is 4.90. The fourth-order valence-corrected chi connectivity index (χ4v) is 3.51. The zero-order valence-electron chi connectivity index (χ0n) is 15.0. The molecule has 3 aromatic rings. The number of nitrogens with zero attached hydrogens (tertiary/aromatic N) is 2. The van der Waals surface area contributed by atoms with Crippen LogP contribution in [0.15, 0.2) is 42.5 Å². The number of quaternary nitrogens is 1. The Morgan fingerprint density at radius 1 is 1.22 bits per heavy atom. The summed E-state index contributed by atoms with van der Waals surface area (Å²) in [7, 11) is 3.94. The molecule has 0 aliphatic heterocycles. The van der Waals surface area contributed by atoms with E-state index in [9.17, 15) is 13.6 Å². The molecule has 8 heteroatoms. The van der Waals surface area contributed by atoms with E-state index in [2.05, 4.69) is 4.98 Å². The molecule has 0 saturated heterocycles. The third kappa shape index (κ3) is 4.78. The number of benzene rings is 2. The number of aromatic nitrogens is 1. The number of carbonyl (C=O) groups is 1. The van der Waals surface area contributed by atoms with Crippen molar-refractivity contribution in [1.82, 2.24) is 4.98 Å². The highest BCUT2D eigenvalue weighted by Crippen LogP contribution is 2.31. The van der Waals surface area contributed by atoms with E-state index in [1.807, 2.05) is 32.3 Å². The Morgan fingerprint density at radius 2 is 1.96 bits per heavy atom. The number of likely N-dealkylation sites (N-methyl/N-ethyl adjacent to an activating group) is 1. The smallest absolute Gasteiger partial charge is 0.266 e. The Hall–Kier alpha value is -2.58. The minimum atomic E-state index is -0.737. The maximum absolute atomic E-state index is 14.0. The number of para-hydroxylation sites is 1. The number of carbonyl (C=O) groups excluding carboxylic acids is 1. The van der Waals surface area contributed by atoms with E-state index >= 15 is 0 Å². The van der Waals surface area contributed by atoms with Gasteiger partial charge in [-0.05, 0) is 18.2 Å². The lowest BCUT2D eigenvalue weighted by Crippen LogP contribution is -3.06. The summed E-state index contributed by atoms with van der Waals surface area (Å²) in [6, 6.07) is 11.0. The molecule has 2 aromatic carbocycles. The number of halogens is 2. The zero-order valence-corrected chi connectivity index (χ0v) is 15.9. The number of thiazole rings is 1. The number of amides is 1.